The van der Waals surface area contributed by atoms with E-state index in [1.807, 2.05) is 4.90 Å². The highest BCUT2D eigenvalue weighted by Gasteiger charge is 2.25. The molecule has 0 bridgehead atoms. The van der Waals surface area contributed by atoms with Crippen LogP contribution in [0.15, 0.2) is 36.5 Å². The molecule has 8 nitrogen and oxygen atoms in total. The number of methoxy groups -OCH3 is 1. The summed E-state index contributed by atoms with van der Waals surface area (Å²) in [7, 11) is 1.61. The first kappa shape index (κ1) is 21.5. The van der Waals surface area contributed by atoms with E-state index in [2.05, 4.69) is 55.9 Å². The highest BCUT2D eigenvalue weighted by molar-refractivity contribution is 5.78. The van der Waals surface area contributed by atoms with E-state index in [0.29, 0.717) is 18.4 Å². The number of rotatable bonds is 6. The van der Waals surface area contributed by atoms with Gasteiger partial charge in [0.1, 0.15) is 0 Å². The van der Waals surface area contributed by atoms with E-state index in [0.717, 1.165) is 58.9 Å². The van der Waals surface area contributed by atoms with Crippen molar-refractivity contribution >= 4 is 11.9 Å². The number of amides is 1. The molecule has 0 atom stereocenters. The molecule has 8 heteroatoms. The fraction of sp³-hybridized carbons (Fsp3) is 0.522. The van der Waals surface area contributed by atoms with Gasteiger partial charge in [0.05, 0.1) is 13.7 Å². The number of benzene rings is 1. The van der Waals surface area contributed by atoms with E-state index >= 15 is 0 Å². The van der Waals surface area contributed by atoms with Crippen molar-refractivity contribution in [2.45, 2.75) is 13.5 Å². The van der Waals surface area contributed by atoms with Crippen molar-refractivity contribution in [1.82, 2.24) is 24.7 Å². The van der Waals surface area contributed by atoms with E-state index in [9.17, 15) is 4.79 Å². The minimum atomic E-state index is 0.237. The molecule has 2 saturated heterocycles. The molecule has 1 aromatic heterocycles. The zero-order valence-corrected chi connectivity index (χ0v) is 18.5. The number of ether oxygens (including phenoxy) is 1. The van der Waals surface area contributed by atoms with Crippen LogP contribution in [0.5, 0.6) is 5.88 Å². The quantitative estimate of drug-likeness (QED) is 0.692. The lowest BCUT2D eigenvalue weighted by Crippen LogP contribution is -2.53. The summed E-state index contributed by atoms with van der Waals surface area (Å²) in [5.41, 5.74) is 2.64. The van der Waals surface area contributed by atoms with Crippen molar-refractivity contribution < 1.29 is 9.53 Å². The van der Waals surface area contributed by atoms with Gasteiger partial charge in [-0.15, -0.1) is 0 Å². The predicted octanol–water partition coefficient (Wildman–Crippen LogP) is 1.26. The molecule has 31 heavy (non-hydrogen) atoms. The third kappa shape index (κ3) is 5.71. The molecule has 2 aromatic rings. The van der Waals surface area contributed by atoms with Crippen LogP contribution in [-0.2, 0) is 11.3 Å². The Hall–Kier alpha value is -2.71. The lowest BCUT2D eigenvalue weighted by molar-refractivity contribution is -0.134. The summed E-state index contributed by atoms with van der Waals surface area (Å²) >= 11 is 0. The van der Waals surface area contributed by atoms with Crippen LogP contribution in [0.3, 0.4) is 0 Å². The SMILES string of the molecule is COc1ccnc(N2CCN(CC(=O)N3CCN(Cc4cccc(C)c4)CC3)CC2)n1. The van der Waals surface area contributed by atoms with Crippen LogP contribution < -0.4 is 9.64 Å². The minimum Gasteiger partial charge on any atom is -0.481 e. The number of anilines is 1. The normalized spacial score (nSPS) is 18.3. The van der Waals surface area contributed by atoms with Crippen LogP contribution in [0.4, 0.5) is 5.95 Å². The fourth-order valence-corrected chi connectivity index (χ4v) is 4.22. The Morgan fingerprint density at radius 1 is 1.00 bits per heavy atom. The molecule has 0 spiro atoms. The topological polar surface area (TPSA) is 65.0 Å². The summed E-state index contributed by atoms with van der Waals surface area (Å²) in [6, 6.07) is 10.4. The maximum absolute atomic E-state index is 12.8. The second kappa shape index (κ2) is 10.1. The molecule has 0 unspecified atom stereocenters. The summed E-state index contributed by atoms with van der Waals surface area (Å²) in [4.78, 5) is 30.4. The van der Waals surface area contributed by atoms with Gasteiger partial charge in [-0.1, -0.05) is 29.8 Å². The Bertz CT molecular complexity index is 876. The smallest absolute Gasteiger partial charge is 0.236 e. The van der Waals surface area contributed by atoms with Crippen molar-refractivity contribution in [3.05, 3.63) is 47.7 Å². The lowest BCUT2D eigenvalue weighted by atomic mass is 10.1. The second-order valence-corrected chi connectivity index (χ2v) is 8.31. The van der Waals surface area contributed by atoms with Crippen molar-refractivity contribution in [2.24, 2.45) is 0 Å². The van der Waals surface area contributed by atoms with Gasteiger partial charge in [-0.25, -0.2) is 4.98 Å². The molecular weight excluding hydrogens is 392 g/mol. The van der Waals surface area contributed by atoms with Gasteiger partial charge in [0.2, 0.25) is 17.7 Å². The number of aromatic nitrogens is 2. The third-order valence-electron chi connectivity index (χ3n) is 6.05. The predicted molar refractivity (Wildman–Crippen MR) is 120 cm³/mol. The number of aryl methyl sites for hydroxylation is 1. The van der Waals surface area contributed by atoms with Gasteiger partial charge in [0.25, 0.3) is 0 Å². The molecule has 1 amide bonds. The highest BCUT2D eigenvalue weighted by Crippen LogP contribution is 2.15. The number of carbonyl (C=O) groups is 1. The summed E-state index contributed by atoms with van der Waals surface area (Å²) < 4.78 is 5.19. The molecule has 2 aliphatic rings. The largest absolute Gasteiger partial charge is 0.481 e. The monoisotopic (exact) mass is 424 g/mol. The van der Waals surface area contributed by atoms with Gasteiger partial charge in [-0.2, -0.15) is 4.98 Å². The van der Waals surface area contributed by atoms with Gasteiger partial charge in [-0.05, 0) is 12.5 Å². The van der Waals surface area contributed by atoms with Crippen molar-refractivity contribution in [3.8, 4) is 5.88 Å². The average Bonchev–Trinajstić information content (AvgIpc) is 2.80. The first-order valence-electron chi connectivity index (χ1n) is 11.0. The maximum Gasteiger partial charge on any atom is 0.236 e. The first-order valence-corrected chi connectivity index (χ1v) is 11.0. The van der Waals surface area contributed by atoms with E-state index in [1.54, 1.807) is 19.4 Å². The molecule has 3 heterocycles. The first-order chi connectivity index (χ1) is 15.1. The van der Waals surface area contributed by atoms with Crippen molar-refractivity contribution in [2.75, 3.05) is 70.9 Å². The zero-order chi connectivity index (χ0) is 21.6. The molecule has 166 valence electrons. The number of carbonyl (C=O) groups excluding carboxylic acids is 1. The van der Waals surface area contributed by atoms with Crippen molar-refractivity contribution in [1.29, 1.82) is 0 Å². The maximum atomic E-state index is 12.8. The van der Waals surface area contributed by atoms with E-state index in [-0.39, 0.29) is 5.91 Å². The molecular formula is C23H32N6O2. The van der Waals surface area contributed by atoms with Crippen LogP contribution in [-0.4, -0.2) is 96.6 Å². The van der Waals surface area contributed by atoms with E-state index < -0.39 is 0 Å². The second-order valence-electron chi connectivity index (χ2n) is 8.31. The van der Waals surface area contributed by atoms with Crippen LogP contribution >= 0.6 is 0 Å². The van der Waals surface area contributed by atoms with Crippen LogP contribution in [0, 0.1) is 6.92 Å². The van der Waals surface area contributed by atoms with Gasteiger partial charge in [0.15, 0.2) is 0 Å². The summed E-state index contributed by atoms with van der Waals surface area (Å²) in [5.74, 6) is 1.50. The Morgan fingerprint density at radius 3 is 2.45 bits per heavy atom. The molecule has 0 radical (unpaired) electrons. The third-order valence-corrected chi connectivity index (χ3v) is 6.05. The summed E-state index contributed by atoms with van der Waals surface area (Å²) in [6.07, 6.45) is 1.72. The fourth-order valence-electron chi connectivity index (χ4n) is 4.22. The summed E-state index contributed by atoms with van der Waals surface area (Å²) in [6.45, 7) is 10.3. The van der Waals surface area contributed by atoms with Gasteiger partial charge in [-0.3, -0.25) is 14.6 Å². The number of piperazine rings is 2. The highest BCUT2D eigenvalue weighted by atomic mass is 16.5. The van der Waals surface area contributed by atoms with Crippen molar-refractivity contribution in [3.63, 3.8) is 0 Å². The minimum absolute atomic E-state index is 0.237. The number of nitrogens with zero attached hydrogens (tertiary/aromatic N) is 6. The van der Waals surface area contributed by atoms with Gasteiger partial charge >= 0.3 is 0 Å². The molecule has 0 saturated carbocycles. The van der Waals surface area contributed by atoms with Crippen LogP contribution in [0.1, 0.15) is 11.1 Å². The standard InChI is InChI=1S/C23H32N6O2/c1-19-4-3-5-20(16-19)17-26-8-12-28(13-9-26)22(30)18-27-10-14-29(15-11-27)23-24-7-6-21(25-23)31-2/h3-7,16H,8-15,17-18H2,1-2H3. The molecule has 0 aliphatic carbocycles. The Balaban J connectivity index is 1.20. The Morgan fingerprint density at radius 2 is 1.74 bits per heavy atom. The van der Waals surface area contributed by atoms with E-state index in [4.69, 9.17) is 4.74 Å². The average molecular weight is 425 g/mol. The molecule has 2 fully saturated rings. The Kier molecular flexibility index (Phi) is 6.99. The molecule has 2 aliphatic heterocycles. The van der Waals surface area contributed by atoms with Gasteiger partial charge < -0.3 is 14.5 Å². The molecule has 0 N–H and O–H groups in total. The molecule has 4 rings (SSSR count). The zero-order valence-electron chi connectivity index (χ0n) is 18.5. The summed E-state index contributed by atoms with van der Waals surface area (Å²) in [5, 5.41) is 0. The van der Waals surface area contributed by atoms with Gasteiger partial charge in [0, 0.05) is 71.2 Å². The number of hydrogen-bond donors (Lipinski definition) is 0. The van der Waals surface area contributed by atoms with Crippen LogP contribution in [0.2, 0.25) is 0 Å². The lowest BCUT2D eigenvalue weighted by Gasteiger charge is -2.38. The molecule has 1 aromatic carbocycles. The van der Waals surface area contributed by atoms with E-state index in [1.165, 1.54) is 11.1 Å². The van der Waals surface area contributed by atoms with Crippen LogP contribution in [0.25, 0.3) is 0 Å². The Labute approximate surface area is 184 Å². The number of hydrogen-bond acceptors (Lipinski definition) is 7.